The average molecular weight is 362 g/mol. The predicted molar refractivity (Wildman–Crippen MR) is 91.4 cm³/mol. The number of hydrogen-bond acceptors (Lipinski definition) is 5. The van der Waals surface area contributed by atoms with E-state index < -0.39 is 0 Å². The number of ether oxygens (including phenoxy) is 1. The Hall–Kier alpha value is -1.34. The van der Waals surface area contributed by atoms with Gasteiger partial charge in [-0.05, 0) is 24.7 Å². The fraction of sp³-hybridized carbons (Fsp3) is 0.286. The van der Waals surface area contributed by atoms with E-state index >= 15 is 0 Å². The van der Waals surface area contributed by atoms with Gasteiger partial charge in [0.15, 0.2) is 0 Å². The first-order valence-electron chi connectivity index (χ1n) is 6.50. The third-order valence-electron chi connectivity index (χ3n) is 2.60. The number of carbonyl (C=O) groups is 1. The summed E-state index contributed by atoms with van der Waals surface area (Å²) in [6, 6.07) is 7.12. The lowest BCUT2D eigenvalue weighted by Crippen LogP contribution is -2.28. The topological polar surface area (TPSA) is 77.2 Å². The van der Waals surface area contributed by atoms with E-state index in [9.17, 15) is 4.79 Å². The summed E-state index contributed by atoms with van der Waals surface area (Å²) in [6.45, 7) is 1.29. The van der Waals surface area contributed by atoms with Gasteiger partial charge < -0.3 is 15.8 Å². The molecule has 0 saturated heterocycles. The zero-order valence-electron chi connectivity index (χ0n) is 11.8. The molecule has 0 fully saturated rings. The number of aromatic nitrogens is 1. The molecule has 1 heterocycles. The summed E-state index contributed by atoms with van der Waals surface area (Å²) in [7, 11) is 0. The standard InChI is InChI=1S/C14H16ClN3O2S.ClH/c15-10-2-1-3-11(8-10)20-7-6-17-14(19)12-9-21-13(18-12)4-5-16;/h1-3,8-9H,4-7,16H2,(H,17,19);1H. The highest BCUT2D eigenvalue weighted by Gasteiger charge is 2.09. The van der Waals surface area contributed by atoms with E-state index in [1.807, 2.05) is 12.1 Å². The molecule has 0 aliphatic carbocycles. The number of benzene rings is 1. The molecule has 0 spiro atoms. The van der Waals surface area contributed by atoms with Crippen molar-refractivity contribution < 1.29 is 9.53 Å². The first-order chi connectivity index (χ1) is 10.2. The van der Waals surface area contributed by atoms with Gasteiger partial charge in [0.2, 0.25) is 0 Å². The summed E-state index contributed by atoms with van der Waals surface area (Å²) in [5.74, 6) is 0.472. The molecule has 22 heavy (non-hydrogen) atoms. The van der Waals surface area contributed by atoms with Crippen molar-refractivity contribution in [2.75, 3.05) is 19.7 Å². The summed E-state index contributed by atoms with van der Waals surface area (Å²) >= 11 is 7.29. The van der Waals surface area contributed by atoms with Gasteiger partial charge in [-0.2, -0.15) is 0 Å². The van der Waals surface area contributed by atoms with Crippen LogP contribution in [0, 0.1) is 0 Å². The Labute approximate surface area is 144 Å². The van der Waals surface area contributed by atoms with Gasteiger partial charge in [-0.3, -0.25) is 4.79 Å². The predicted octanol–water partition coefficient (Wildman–Crippen LogP) is 2.53. The number of nitrogens with one attached hydrogen (secondary N) is 1. The van der Waals surface area contributed by atoms with Crippen molar-refractivity contribution in [3.8, 4) is 5.75 Å². The van der Waals surface area contributed by atoms with Crippen molar-refractivity contribution in [2.45, 2.75) is 6.42 Å². The smallest absolute Gasteiger partial charge is 0.270 e. The van der Waals surface area contributed by atoms with Crippen LogP contribution in [0.2, 0.25) is 5.02 Å². The molecule has 3 N–H and O–H groups in total. The van der Waals surface area contributed by atoms with Crippen LogP contribution in [0.5, 0.6) is 5.75 Å². The molecule has 0 radical (unpaired) electrons. The monoisotopic (exact) mass is 361 g/mol. The van der Waals surface area contributed by atoms with Crippen LogP contribution >= 0.6 is 35.3 Å². The zero-order valence-corrected chi connectivity index (χ0v) is 14.1. The second-order valence-electron chi connectivity index (χ2n) is 4.23. The SMILES string of the molecule is Cl.NCCc1nc(C(=O)NCCOc2cccc(Cl)c2)cs1. The summed E-state index contributed by atoms with van der Waals surface area (Å²) in [4.78, 5) is 16.1. The number of nitrogens with two attached hydrogens (primary N) is 1. The van der Waals surface area contributed by atoms with Crippen LogP contribution in [-0.2, 0) is 6.42 Å². The highest BCUT2D eigenvalue weighted by atomic mass is 35.5. The number of carbonyl (C=O) groups excluding carboxylic acids is 1. The van der Waals surface area contributed by atoms with Gasteiger partial charge in [-0.25, -0.2) is 4.98 Å². The van der Waals surface area contributed by atoms with E-state index in [1.165, 1.54) is 11.3 Å². The van der Waals surface area contributed by atoms with E-state index in [0.29, 0.717) is 42.6 Å². The quantitative estimate of drug-likeness (QED) is 0.742. The van der Waals surface area contributed by atoms with Gasteiger partial charge in [0.05, 0.1) is 11.6 Å². The lowest BCUT2D eigenvalue weighted by Gasteiger charge is -2.07. The summed E-state index contributed by atoms with van der Waals surface area (Å²) in [5, 5.41) is 5.98. The van der Waals surface area contributed by atoms with Crippen LogP contribution in [0.3, 0.4) is 0 Å². The van der Waals surface area contributed by atoms with Crippen molar-refractivity contribution in [1.29, 1.82) is 0 Å². The summed E-state index contributed by atoms with van der Waals surface area (Å²) < 4.78 is 5.48. The Kier molecular flexibility index (Phi) is 8.19. The molecule has 1 aromatic carbocycles. The number of rotatable bonds is 7. The van der Waals surface area contributed by atoms with E-state index in [0.717, 1.165) is 5.01 Å². The van der Waals surface area contributed by atoms with Gasteiger partial charge in [0.25, 0.3) is 5.91 Å². The van der Waals surface area contributed by atoms with Crippen molar-refractivity contribution >= 4 is 41.3 Å². The Morgan fingerprint density at radius 1 is 1.45 bits per heavy atom. The first kappa shape index (κ1) is 18.7. The lowest BCUT2D eigenvalue weighted by atomic mass is 10.3. The molecule has 0 aliphatic rings. The van der Waals surface area contributed by atoms with E-state index in [1.54, 1.807) is 17.5 Å². The third-order valence-corrected chi connectivity index (χ3v) is 3.74. The van der Waals surface area contributed by atoms with Gasteiger partial charge in [0, 0.05) is 16.8 Å². The molecular formula is C14H17Cl2N3O2S. The second-order valence-corrected chi connectivity index (χ2v) is 5.61. The molecule has 8 heteroatoms. The molecule has 0 saturated carbocycles. The number of hydrogen-bond donors (Lipinski definition) is 2. The maximum Gasteiger partial charge on any atom is 0.270 e. The largest absolute Gasteiger partial charge is 0.492 e. The molecule has 0 atom stereocenters. The molecular weight excluding hydrogens is 345 g/mol. The van der Waals surface area contributed by atoms with Crippen molar-refractivity contribution in [3.05, 3.63) is 45.4 Å². The average Bonchev–Trinajstić information content (AvgIpc) is 2.93. The van der Waals surface area contributed by atoms with Crippen LogP contribution in [-0.4, -0.2) is 30.6 Å². The minimum absolute atomic E-state index is 0. The Balaban J connectivity index is 0.00000242. The lowest BCUT2D eigenvalue weighted by molar-refractivity contribution is 0.0942. The van der Waals surface area contributed by atoms with Gasteiger partial charge in [-0.1, -0.05) is 17.7 Å². The van der Waals surface area contributed by atoms with Crippen molar-refractivity contribution in [1.82, 2.24) is 10.3 Å². The molecule has 0 unspecified atom stereocenters. The summed E-state index contributed by atoms with van der Waals surface area (Å²) in [6.07, 6.45) is 0.690. The van der Waals surface area contributed by atoms with Crippen LogP contribution < -0.4 is 15.8 Å². The van der Waals surface area contributed by atoms with Crippen molar-refractivity contribution in [2.24, 2.45) is 5.73 Å². The van der Waals surface area contributed by atoms with Crippen LogP contribution in [0.15, 0.2) is 29.6 Å². The normalized spacial score (nSPS) is 9.91. The molecule has 0 aliphatic heterocycles. The zero-order chi connectivity index (χ0) is 15.1. The van der Waals surface area contributed by atoms with Gasteiger partial charge in [-0.15, -0.1) is 23.7 Å². The number of halogens is 2. The minimum atomic E-state index is -0.204. The van der Waals surface area contributed by atoms with E-state index in [2.05, 4.69) is 10.3 Å². The Bertz CT molecular complexity index is 607. The molecule has 2 aromatic rings. The third kappa shape index (κ3) is 5.81. The highest BCUT2D eigenvalue weighted by Crippen LogP contribution is 2.16. The Morgan fingerprint density at radius 3 is 3.00 bits per heavy atom. The summed E-state index contributed by atoms with van der Waals surface area (Å²) in [5.41, 5.74) is 5.87. The van der Waals surface area contributed by atoms with Gasteiger partial charge in [0.1, 0.15) is 18.1 Å². The number of amides is 1. The highest BCUT2D eigenvalue weighted by molar-refractivity contribution is 7.09. The van der Waals surface area contributed by atoms with E-state index in [4.69, 9.17) is 22.1 Å². The maximum absolute atomic E-state index is 11.9. The minimum Gasteiger partial charge on any atom is -0.492 e. The fourth-order valence-corrected chi connectivity index (χ4v) is 2.61. The molecule has 2 rings (SSSR count). The number of nitrogens with zero attached hydrogens (tertiary/aromatic N) is 1. The molecule has 1 aromatic heterocycles. The van der Waals surface area contributed by atoms with Crippen LogP contribution in [0.1, 0.15) is 15.5 Å². The maximum atomic E-state index is 11.9. The van der Waals surface area contributed by atoms with Crippen molar-refractivity contribution in [3.63, 3.8) is 0 Å². The molecule has 1 amide bonds. The first-order valence-corrected chi connectivity index (χ1v) is 7.76. The molecule has 5 nitrogen and oxygen atoms in total. The Morgan fingerprint density at radius 2 is 2.27 bits per heavy atom. The van der Waals surface area contributed by atoms with Crippen LogP contribution in [0.25, 0.3) is 0 Å². The molecule has 0 bridgehead atoms. The second kappa shape index (κ2) is 9.63. The molecule has 120 valence electrons. The van der Waals surface area contributed by atoms with Crippen LogP contribution in [0.4, 0.5) is 0 Å². The van der Waals surface area contributed by atoms with E-state index in [-0.39, 0.29) is 18.3 Å². The fourth-order valence-electron chi connectivity index (χ4n) is 1.63. The number of thiazole rings is 1. The van der Waals surface area contributed by atoms with Gasteiger partial charge >= 0.3 is 0 Å².